The van der Waals surface area contributed by atoms with Crippen LogP contribution in [-0.2, 0) is 22.7 Å². The number of amides is 1. The number of para-hydroxylation sites is 1. The summed E-state index contributed by atoms with van der Waals surface area (Å²) in [6, 6.07) is 15.3. The lowest BCUT2D eigenvalue weighted by Crippen LogP contribution is -2.28. The van der Waals surface area contributed by atoms with Crippen LogP contribution in [0.2, 0.25) is 0 Å². The van der Waals surface area contributed by atoms with Gasteiger partial charge in [0.2, 0.25) is 5.91 Å². The molecule has 4 rings (SSSR count). The molecule has 0 fully saturated rings. The van der Waals surface area contributed by atoms with E-state index in [1.807, 2.05) is 55.5 Å². The van der Waals surface area contributed by atoms with Crippen LogP contribution in [0.4, 0.5) is 5.69 Å². The summed E-state index contributed by atoms with van der Waals surface area (Å²) in [4.78, 5) is 43.8. The quantitative estimate of drug-likeness (QED) is 0.361. The molecule has 0 aliphatic heterocycles. The van der Waals surface area contributed by atoms with Crippen molar-refractivity contribution in [1.29, 1.82) is 0 Å². The van der Waals surface area contributed by atoms with Gasteiger partial charge >= 0.3 is 5.97 Å². The maximum atomic E-state index is 13.2. The fourth-order valence-electron chi connectivity index (χ4n) is 3.93. The number of fused-ring (bicyclic) bond motifs is 1. The predicted octanol–water partition coefficient (Wildman–Crippen LogP) is 5.19. The lowest BCUT2D eigenvalue weighted by atomic mass is 9.98. The lowest BCUT2D eigenvalue weighted by Gasteiger charge is -2.16. The highest BCUT2D eigenvalue weighted by Crippen LogP contribution is 2.29. The van der Waals surface area contributed by atoms with Crippen molar-refractivity contribution in [1.82, 2.24) is 9.55 Å². The molecule has 1 N–H and O–H groups in total. The number of nitrogens with one attached hydrogen (secondary N) is 1. The van der Waals surface area contributed by atoms with E-state index in [1.165, 1.54) is 10.9 Å². The summed E-state index contributed by atoms with van der Waals surface area (Å²) in [7, 11) is 0. The maximum absolute atomic E-state index is 13.2. The average Bonchev–Trinajstić information content (AvgIpc) is 3.18. The van der Waals surface area contributed by atoms with Crippen molar-refractivity contribution >= 4 is 39.1 Å². The normalized spacial score (nSPS) is 11.1. The van der Waals surface area contributed by atoms with Crippen LogP contribution in [0.1, 0.15) is 51.7 Å². The van der Waals surface area contributed by atoms with Crippen LogP contribution in [0.25, 0.3) is 10.2 Å². The molecular formula is C27H27N3O4S. The summed E-state index contributed by atoms with van der Waals surface area (Å²) >= 11 is 1.12. The van der Waals surface area contributed by atoms with Crippen molar-refractivity contribution in [2.75, 3.05) is 5.32 Å². The minimum absolute atomic E-state index is 0.141. The summed E-state index contributed by atoms with van der Waals surface area (Å²) in [6.45, 7) is 7.73. The van der Waals surface area contributed by atoms with E-state index in [-0.39, 0.29) is 30.5 Å². The van der Waals surface area contributed by atoms with E-state index >= 15 is 0 Å². The first-order chi connectivity index (χ1) is 16.8. The van der Waals surface area contributed by atoms with E-state index < -0.39 is 5.97 Å². The molecule has 0 saturated heterocycles. The molecule has 0 saturated carbocycles. The zero-order valence-electron chi connectivity index (χ0n) is 20.1. The first-order valence-corrected chi connectivity index (χ1v) is 12.2. The number of ether oxygens (including phenoxy) is 1. The lowest BCUT2D eigenvalue weighted by molar-refractivity contribution is -0.116. The molecule has 1 amide bonds. The van der Waals surface area contributed by atoms with Gasteiger partial charge in [-0.15, -0.1) is 11.3 Å². The van der Waals surface area contributed by atoms with Crippen molar-refractivity contribution in [3.63, 3.8) is 0 Å². The Morgan fingerprint density at radius 1 is 1.09 bits per heavy atom. The topological polar surface area (TPSA) is 90.3 Å². The molecule has 4 aromatic rings. The molecule has 0 aliphatic rings. The molecule has 0 unspecified atom stereocenters. The molecule has 0 atom stereocenters. The van der Waals surface area contributed by atoms with E-state index in [9.17, 15) is 14.4 Å². The number of hydrogen-bond acceptors (Lipinski definition) is 6. The molecule has 7 nitrogen and oxygen atoms in total. The van der Waals surface area contributed by atoms with E-state index in [2.05, 4.69) is 24.1 Å². The van der Waals surface area contributed by atoms with Gasteiger partial charge < -0.3 is 10.1 Å². The van der Waals surface area contributed by atoms with Crippen LogP contribution < -0.4 is 10.9 Å². The van der Waals surface area contributed by atoms with Crippen LogP contribution in [-0.4, -0.2) is 21.4 Å². The Morgan fingerprint density at radius 3 is 2.54 bits per heavy atom. The Morgan fingerprint density at radius 2 is 1.83 bits per heavy atom. The third-order valence-electron chi connectivity index (χ3n) is 5.82. The van der Waals surface area contributed by atoms with Gasteiger partial charge in [0.25, 0.3) is 5.56 Å². The largest absolute Gasteiger partial charge is 0.457 e. The highest BCUT2D eigenvalue weighted by molar-refractivity contribution is 7.20. The zero-order valence-corrected chi connectivity index (χ0v) is 20.9. The molecule has 2 aromatic heterocycles. The molecule has 35 heavy (non-hydrogen) atoms. The summed E-state index contributed by atoms with van der Waals surface area (Å²) in [5.74, 6) is -0.585. The molecule has 0 spiro atoms. The summed E-state index contributed by atoms with van der Waals surface area (Å²) < 4.78 is 6.71. The van der Waals surface area contributed by atoms with Gasteiger partial charge in [0, 0.05) is 5.69 Å². The number of thiophene rings is 1. The Bertz CT molecular complexity index is 1450. The monoisotopic (exact) mass is 489 g/mol. The first kappa shape index (κ1) is 24.3. The highest BCUT2D eigenvalue weighted by Gasteiger charge is 2.21. The number of carbonyl (C=O) groups is 2. The molecule has 0 bridgehead atoms. The standard InChI is InChI=1S/C27H27N3O4S/c1-16(2)20-12-8-9-17(3)23(20)29-21(31)13-30-15-28-25-22(26(30)32)18(4)24(35-25)27(33)34-14-19-10-6-5-7-11-19/h5-12,15-16H,13-14H2,1-4H3,(H,29,31). The van der Waals surface area contributed by atoms with Crippen LogP contribution in [0.3, 0.4) is 0 Å². The second-order valence-corrected chi connectivity index (χ2v) is 9.72. The average molecular weight is 490 g/mol. The van der Waals surface area contributed by atoms with Gasteiger partial charge in [-0.2, -0.15) is 0 Å². The molecule has 180 valence electrons. The van der Waals surface area contributed by atoms with Gasteiger partial charge in [-0.1, -0.05) is 62.4 Å². The predicted molar refractivity (Wildman–Crippen MR) is 138 cm³/mol. The number of carbonyl (C=O) groups excluding carboxylic acids is 2. The fraction of sp³-hybridized carbons (Fsp3) is 0.259. The van der Waals surface area contributed by atoms with Crippen molar-refractivity contribution in [3.05, 3.63) is 92.3 Å². The zero-order chi connectivity index (χ0) is 25.1. The number of aromatic nitrogens is 2. The summed E-state index contributed by atoms with van der Waals surface area (Å²) in [6.07, 6.45) is 1.35. The van der Waals surface area contributed by atoms with Gasteiger partial charge in [0.15, 0.2) is 0 Å². The number of esters is 1. The maximum Gasteiger partial charge on any atom is 0.349 e. The Hall–Kier alpha value is -3.78. The number of hydrogen-bond donors (Lipinski definition) is 1. The van der Waals surface area contributed by atoms with Crippen molar-refractivity contribution in [2.24, 2.45) is 0 Å². The molecular weight excluding hydrogens is 462 g/mol. The Kier molecular flexibility index (Phi) is 7.12. The third-order valence-corrected chi connectivity index (χ3v) is 7.00. The van der Waals surface area contributed by atoms with Crippen LogP contribution in [0, 0.1) is 13.8 Å². The summed E-state index contributed by atoms with van der Waals surface area (Å²) in [5.41, 5.74) is 3.78. The van der Waals surface area contributed by atoms with E-state index in [0.29, 0.717) is 20.7 Å². The van der Waals surface area contributed by atoms with Crippen LogP contribution in [0.15, 0.2) is 59.7 Å². The second kappa shape index (κ2) is 10.2. The summed E-state index contributed by atoms with van der Waals surface area (Å²) in [5, 5.41) is 3.29. The van der Waals surface area contributed by atoms with Gasteiger partial charge in [0.05, 0.1) is 11.7 Å². The minimum atomic E-state index is -0.501. The Balaban J connectivity index is 1.55. The van der Waals surface area contributed by atoms with Gasteiger partial charge in [-0.25, -0.2) is 9.78 Å². The SMILES string of the molecule is Cc1cccc(C(C)C)c1NC(=O)Cn1cnc2sc(C(=O)OCc3ccccc3)c(C)c2c1=O. The highest BCUT2D eigenvalue weighted by atomic mass is 32.1. The number of nitrogens with zero attached hydrogens (tertiary/aromatic N) is 2. The van der Waals surface area contributed by atoms with Gasteiger partial charge in [-0.05, 0) is 42.0 Å². The number of benzene rings is 2. The minimum Gasteiger partial charge on any atom is -0.457 e. The van der Waals surface area contributed by atoms with Crippen molar-refractivity contribution in [2.45, 2.75) is 46.8 Å². The van der Waals surface area contributed by atoms with E-state index in [0.717, 1.165) is 33.7 Å². The fourth-order valence-corrected chi connectivity index (χ4v) is 4.96. The Labute approximate surface area is 207 Å². The molecule has 2 heterocycles. The van der Waals surface area contributed by atoms with Crippen LogP contribution in [0.5, 0.6) is 0 Å². The van der Waals surface area contributed by atoms with E-state index in [4.69, 9.17) is 4.74 Å². The van der Waals surface area contributed by atoms with Crippen LogP contribution >= 0.6 is 11.3 Å². The van der Waals surface area contributed by atoms with Crippen molar-refractivity contribution < 1.29 is 14.3 Å². The third kappa shape index (κ3) is 5.17. The molecule has 2 aromatic carbocycles. The van der Waals surface area contributed by atoms with Gasteiger partial charge in [-0.3, -0.25) is 14.2 Å². The van der Waals surface area contributed by atoms with Crippen molar-refractivity contribution in [3.8, 4) is 0 Å². The van der Waals surface area contributed by atoms with Gasteiger partial charge in [0.1, 0.15) is 22.9 Å². The smallest absolute Gasteiger partial charge is 0.349 e. The molecule has 8 heteroatoms. The number of rotatable bonds is 7. The molecule has 0 radical (unpaired) electrons. The number of aryl methyl sites for hydroxylation is 2. The second-order valence-electron chi connectivity index (χ2n) is 8.72. The number of anilines is 1. The molecule has 0 aliphatic carbocycles. The first-order valence-electron chi connectivity index (χ1n) is 11.3. The van der Waals surface area contributed by atoms with E-state index in [1.54, 1.807) is 6.92 Å².